The summed E-state index contributed by atoms with van der Waals surface area (Å²) in [5.74, 6) is 0.658. The van der Waals surface area contributed by atoms with Gasteiger partial charge < -0.3 is 14.4 Å². The molecule has 152 valence electrons. The van der Waals surface area contributed by atoms with E-state index in [9.17, 15) is 13.6 Å². The van der Waals surface area contributed by atoms with Gasteiger partial charge in [-0.15, -0.1) is 0 Å². The van der Waals surface area contributed by atoms with Gasteiger partial charge in [-0.25, -0.2) is 4.21 Å². The summed E-state index contributed by atoms with van der Waals surface area (Å²) in [4.78, 5) is 16.8. The first-order valence-corrected chi connectivity index (χ1v) is 10.5. The number of piperidine rings is 1. The minimum Gasteiger partial charge on any atom is -0.750 e. The van der Waals surface area contributed by atoms with Crippen LogP contribution in [0.5, 0.6) is 0 Å². The third kappa shape index (κ3) is 5.85. The molecule has 1 saturated heterocycles. The molecule has 27 heavy (non-hydrogen) atoms. The lowest BCUT2D eigenvalue weighted by Gasteiger charge is -2.47. The zero-order valence-electron chi connectivity index (χ0n) is 16.9. The fourth-order valence-corrected chi connectivity index (χ4v) is 4.25. The molecule has 2 atom stereocenters. The second-order valence-corrected chi connectivity index (χ2v) is 8.68. The maximum atomic E-state index is 12.5. The third-order valence-electron chi connectivity index (χ3n) is 5.25. The van der Waals surface area contributed by atoms with E-state index in [2.05, 4.69) is 25.7 Å². The molecule has 1 aliphatic rings. The fraction of sp³-hybridized carbons (Fsp3) is 0.650. The average Bonchev–Trinajstić information content (AvgIpc) is 2.56. The van der Waals surface area contributed by atoms with E-state index < -0.39 is 17.5 Å². The topological polar surface area (TPSA) is 72.9 Å². The number of amides is 1. The van der Waals surface area contributed by atoms with E-state index in [1.807, 2.05) is 29.2 Å². The molecule has 1 aromatic carbocycles. The number of hydrogen-bond donors (Lipinski definition) is 0. The first-order chi connectivity index (χ1) is 12.6. The van der Waals surface area contributed by atoms with Gasteiger partial charge in [0, 0.05) is 37.8 Å². The van der Waals surface area contributed by atoms with Crippen molar-refractivity contribution in [2.45, 2.75) is 59.1 Å². The van der Waals surface area contributed by atoms with Crippen LogP contribution in [-0.2, 0) is 20.3 Å². The molecule has 0 radical (unpaired) electrons. The maximum absolute atomic E-state index is 12.5. The Balaban J connectivity index is 2.15. The van der Waals surface area contributed by atoms with E-state index in [-0.39, 0.29) is 11.4 Å². The molecule has 0 spiro atoms. The van der Waals surface area contributed by atoms with Crippen LogP contribution < -0.4 is 4.90 Å². The molecule has 7 heteroatoms. The highest BCUT2D eigenvalue weighted by Gasteiger charge is 2.38. The van der Waals surface area contributed by atoms with Gasteiger partial charge in [0.15, 0.2) is 0 Å². The molecule has 1 fully saturated rings. The Kier molecular flexibility index (Phi) is 7.56. The van der Waals surface area contributed by atoms with Crippen LogP contribution in [0.4, 0.5) is 5.69 Å². The average molecular weight is 396 g/mol. The zero-order valence-corrected chi connectivity index (χ0v) is 17.8. The summed E-state index contributed by atoms with van der Waals surface area (Å²) >= 11 is -2.56. The minimum atomic E-state index is -2.56. The Hall–Kier alpha value is -1.28. The Morgan fingerprint density at radius 1 is 1.26 bits per heavy atom. The smallest absolute Gasteiger partial charge is 0.224 e. The number of carbonyl (C=O) groups is 1. The van der Waals surface area contributed by atoms with E-state index in [0.29, 0.717) is 5.92 Å². The van der Waals surface area contributed by atoms with Crippen LogP contribution >= 0.6 is 0 Å². The van der Waals surface area contributed by atoms with E-state index in [1.54, 1.807) is 13.8 Å². The summed E-state index contributed by atoms with van der Waals surface area (Å²) in [6, 6.07) is 7.38. The van der Waals surface area contributed by atoms with Crippen molar-refractivity contribution >= 4 is 23.0 Å². The lowest BCUT2D eigenvalue weighted by molar-refractivity contribution is -0.118. The summed E-state index contributed by atoms with van der Waals surface area (Å²) in [5, 5.41) is 0. The molecule has 0 aliphatic carbocycles. The van der Waals surface area contributed by atoms with Crippen LogP contribution in [-0.4, -0.2) is 44.7 Å². The van der Waals surface area contributed by atoms with Gasteiger partial charge in [0.05, 0.1) is 17.5 Å². The van der Waals surface area contributed by atoms with Gasteiger partial charge >= 0.3 is 0 Å². The number of carbonyl (C=O) groups excluding carboxylic acids is 1. The Morgan fingerprint density at radius 3 is 2.26 bits per heavy atom. The molecule has 1 aliphatic heterocycles. The van der Waals surface area contributed by atoms with Gasteiger partial charge in [0.1, 0.15) is 0 Å². The lowest BCUT2D eigenvalue weighted by atomic mass is 9.86. The lowest BCUT2D eigenvalue weighted by Crippen LogP contribution is -2.56. The highest BCUT2D eigenvalue weighted by Crippen LogP contribution is 2.34. The summed E-state index contributed by atoms with van der Waals surface area (Å²) in [6.07, 6.45) is 1.30. The molecule has 1 aromatic rings. The summed E-state index contributed by atoms with van der Waals surface area (Å²) in [7, 11) is 0. The Morgan fingerprint density at radius 2 is 1.81 bits per heavy atom. The van der Waals surface area contributed by atoms with Crippen molar-refractivity contribution in [2.75, 3.05) is 24.5 Å². The second kappa shape index (κ2) is 9.28. The number of benzene rings is 1. The Bertz CT molecular complexity index is 654. The number of nitrogens with zero attached hydrogens (tertiary/aromatic N) is 2. The van der Waals surface area contributed by atoms with Crippen LogP contribution in [0.2, 0.25) is 0 Å². The number of anilines is 1. The zero-order chi connectivity index (χ0) is 20.2. The second-order valence-electron chi connectivity index (χ2n) is 8.08. The SMILES string of the molecule is CC(=O)N(c1ccc(C(C)OS(=O)[O-])cc1)C1(C)CCN(CC(C)C)CC1. The van der Waals surface area contributed by atoms with Crippen LogP contribution in [0.25, 0.3) is 0 Å². The number of likely N-dealkylation sites (tertiary alicyclic amines) is 1. The first-order valence-electron chi connectivity index (χ1n) is 9.52. The van der Waals surface area contributed by atoms with Crippen molar-refractivity contribution in [1.29, 1.82) is 0 Å². The first kappa shape index (κ1) is 22.0. The molecule has 0 N–H and O–H groups in total. The van der Waals surface area contributed by atoms with Gasteiger partial charge in [0.2, 0.25) is 5.91 Å². The van der Waals surface area contributed by atoms with Crippen LogP contribution in [0.1, 0.15) is 59.1 Å². The van der Waals surface area contributed by atoms with E-state index >= 15 is 0 Å². The van der Waals surface area contributed by atoms with Crippen molar-refractivity contribution in [2.24, 2.45) is 5.92 Å². The van der Waals surface area contributed by atoms with Crippen LogP contribution in [0, 0.1) is 5.92 Å². The normalized spacial score (nSPS) is 19.7. The van der Waals surface area contributed by atoms with Gasteiger partial charge in [0.25, 0.3) is 0 Å². The van der Waals surface area contributed by atoms with Crippen molar-refractivity contribution in [3.05, 3.63) is 29.8 Å². The molecule has 1 heterocycles. The van der Waals surface area contributed by atoms with Crippen molar-refractivity contribution in [3.8, 4) is 0 Å². The maximum Gasteiger partial charge on any atom is 0.224 e. The number of rotatable bonds is 7. The van der Waals surface area contributed by atoms with Crippen molar-refractivity contribution in [1.82, 2.24) is 4.90 Å². The van der Waals surface area contributed by atoms with E-state index in [4.69, 9.17) is 4.18 Å². The highest BCUT2D eigenvalue weighted by atomic mass is 32.2. The summed E-state index contributed by atoms with van der Waals surface area (Å²) in [6.45, 7) is 12.9. The van der Waals surface area contributed by atoms with Crippen LogP contribution in [0.3, 0.4) is 0 Å². The highest BCUT2D eigenvalue weighted by molar-refractivity contribution is 7.74. The van der Waals surface area contributed by atoms with E-state index in [0.717, 1.165) is 43.7 Å². The van der Waals surface area contributed by atoms with Gasteiger partial charge in [-0.2, -0.15) is 0 Å². The molecule has 2 rings (SSSR count). The van der Waals surface area contributed by atoms with Gasteiger partial charge in [-0.1, -0.05) is 26.0 Å². The van der Waals surface area contributed by atoms with Crippen LogP contribution in [0.15, 0.2) is 24.3 Å². The molecule has 0 bridgehead atoms. The molecule has 0 saturated carbocycles. The van der Waals surface area contributed by atoms with Gasteiger partial charge in [-0.3, -0.25) is 8.98 Å². The number of hydrogen-bond acceptors (Lipinski definition) is 5. The molecule has 0 aromatic heterocycles. The summed E-state index contributed by atoms with van der Waals surface area (Å²) < 4.78 is 26.2. The standard InChI is InChI=1S/C20H32N2O4S/c1-15(2)14-21-12-10-20(5,11-13-21)22(17(4)23)19-8-6-18(7-9-19)16(3)26-27(24)25/h6-9,15-16H,10-14H2,1-5H3,(H,24,25)/p-1. The largest absolute Gasteiger partial charge is 0.750 e. The molecule has 2 unspecified atom stereocenters. The molecule has 1 amide bonds. The Labute approximate surface area is 165 Å². The molecule has 6 nitrogen and oxygen atoms in total. The van der Waals surface area contributed by atoms with Crippen molar-refractivity contribution in [3.63, 3.8) is 0 Å². The summed E-state index contributed by atoms with van der Waals surface area (Å²) in [5.41, 5.74) is 1.37. The minimum absolute atomic E-state index is 0.0209. The van der Waals surface area contributed by atoms with Crippen molar-refractivity contribution < 1.29 is 17.7 Å². The quantitative estimate of drug-likeness (QED) is 0.662. The fourth-order valence-electron chi connectivity index (χ4n) is 3.90. The molecular weight excluding hydrogens is 364 g/mol. The van der Waals surface area contributed by atoms with E-state index in [1.165, 1.54) is 0 Å². The predicted molar refractivity (Wildman–Crippen MR) is 107 cm³/mol. The third-order valence-corrected chi connectivity index (χ3v) is 5.70. The molecular formula is C20H31N2O4S-. The van der Waals surface area contributed by atoms with Gasteiger partial charge in [-0.05, 0) is 50.3 Å². The predicted octanol–water partition coefficient (Wildman–Crippen LogP) is 3.42. The monoisotopic (exact) mass is 395 g/mol.